The SMILES string of the molecule is CCCC[C@@H]1S/C(=N\N=C/c2cc(C)ccc2OS(=O)(=O)c2ccc(C)c([N+](=O)[O-])c2)NC1=O. The highest BCUT2D eigenvalue weighted by molar-refractivity contribution is 8.15. The van der Waals surface area contributed by atoms with Crippen molar-refractivity contribution in [3.63, 3.8) is 0 Å². The Hall–Kier alpha value is -3.25. The Morgan fingerprint density at radius 3 is 2.71 bits per heavy atom. The fraction of sp³-hybridized carbons (Fsp3) is 0.318. The van der Waals surface area contributed by atoms with Crippen LogP contribution in [0.1, 0.15) is 42.9 Å². The van der Waals surface area contributed by atoms with E-state index in [0.717, 1.165) is 30.9 Å². The van der Waals surface area contributed by atoms with E-state index in [4.69, 9.17) is 4.18 Å². The molecule has 3 rings (SSSR count). The lowest BCUT2D eigenvalue weighted by Gasteiger charge is -2.10. The van der Waals surface area contributed by atoms with Crippen LogP contribution in [0.3, 0.4) is 0 Å². The van der Waals surface area contributed by atoms with Gasteiger partial charge in [-0.25, -0.2) is 0 Å². The van der Waals surface area contributed by atoms with Gasteiger partial charge >= 0.3 is 10.1 Å². The van der Waals surface area contributed by atoms with Gasteiger partial charge in [0.2, 0.25) is 5.91 Å². The van der Waals surface area contributed by atoms with Crippen molar-refractivity contribution in [2.45, 2.75) is 50.2 Å². The van der Waals surface area contributed by atoms with E-state index >= 15 is 0 Å². The topological polar surface area (TPSA) is 140 Å². The number of aryl methyl sites for hydroxylation is 2. The van der Waals surface area contributed by atoms with Gasteiger partial charge in [0.05, 0.1) is 16.4 Å². The molecule has 1 N–H and O–H groups in total. The van der Waals surface area contributed by atoms with Crippen molar-refractivity contribution in [2.75, 3.05) is 0 Å². The molecule has 1 fully saturated rings. The van der Waals surface area contributed by atoms with Gasteiger partial charge in [-0.1, -0.05) is 49.2 Å². The van der Waals surface area contributed by atoms with Crippen LogP contribution in [-0.2, 0) is 14.9 Å². The summed E-state index contributed by atoms with van der Waals surface area (Å²) in [6.07, 6.45) is 4.00. The van der Waals surface area contributed by atoms with Crippen molar-refractivity contribution in [1.29, 1.82) is 0 Å². The van der Waals surface area contributed by atoms with Crippen LogP contribution in [0.4, 0.5) is 5.69 Å². The molecule has 0 aromatic heterocycles. The quantitative estimate of drug-likeness (QED) is 0.235. The number of hydrogen-bond acceptors (Lipinski definition) is 9. The lowest BCUT2D eigenvalue weighted by atomic mass is 10.1. The first-order chi connectivity index (χ1) is 16.1. The number of rotatable bonds is 9. The Morgan fingerprint density at radius 1 is 1.24 bits per heavy atom. The first kappa shape index (κ1) is 25.4. The predicted molar refractivity (Wildman–Crippen MR) is 131 cm³/mol. The standard InChI is InChI=1S/C22H24N4O6S2/c1-4-5-6-20-21(27)24-22(33-20)25-23-13-16-11-14(2)7-10-19(16)32-34(30,31)17-9-8-15(3)18(12-17)26(28)29/h7-13,20H,4-6H2,1-3H3,(H,24,25,27)/b23-13-/t20-/m0/s1. The number of nitro benzene ring substituents is 1. The molecule has 1 amide bonds. The molecule has 0 unspecified atom stereocenters. The average molecular weight is 505 g/mol. The zero-order valence-corrected chi connectivity index (χ0v) is 20.5. The van der Waals surface area contributed by atoms with Crippen molar-refractivity contribution >= 4 is 44.9 Å². The van der Waals surface area contributed by atoms with Crippen molar-refractivity contribution in [3.8, 4) is 5.75 Å². The molecule has 10 nitrogen and oxygen atoms in total. The van der Waals surface area contributed by atoms with E-state index in [1.807, 2.05) is 6.92 Å². The summed E-state index contributed by atoms with van der Waals surface area (Å²) in [7, 11) is -4.35. The monoisotopic (exact) mass is 504 g/mol. The number of amides is 1. The normalized spacial score (nSPS) is 17.3. The largest absolute Gasteiger partial charge is 0.378 e. The number of nitrogens with one attached hydrogen (secondary N) is 1. The Bertz CT molecular complexity index is 1270. The highest BCUT2D eigenvalue weighted by Crippen LogP contribution is 2.27. The number of hydrogen-bond donors (Lipinski definition) is 1. The van der Waals surface area contributed by atoms with E-state index in [-0.39, 0.29) is 27.5 Å². The highest BCUT2D eigenvalue weighted by Gasteiger charge is 2.29. The van der Waals surface area contributed by atoms with Crippen molar-refractivity contribution < 1.29 is 22.3 Å². The minimum atomic E-state index is -4.35. The van der Waals surface area contributed by atoms with Crippen LogP contribution >= 0.6 is 11.8 Å². The highest BCUT2D eigenvalue weighted by atomic mass is 32.2. The first-order valence-corrected chi connectivity index (χ1v) is 12.8. The van der Waals surface area contributed by atoms with E-state index in [9.17, 15) is 23.3 Å². The van der Waals surface area contributed by atoms with E-state index in [2.05, 4.69) is 22.4 Å². The number of carbonyl (C=O) groups excluding carboxylic acids is 1. The van der Waals surface area contributed by atoms with Crippen LogP contribution in [0, 0.1) is 24.0 Å². The molecule has 1 saturated heterocycles. The Morgan fingerprint density at radius 2 is 2.00 bits per heavy atom. The number of nitro groups is 1. The van der Waals surface area contributed by atoms with Crippen molar-refractivity contribution in [2.24, 2.45) is 10.2 Å². The maximum absolute atomic E-state index is 12.8. The summed E-state index contributed by atoms with van der Waals surface area (Å²) in [5.74, 6) is -0.119. The number of benzene rings is 2. The number of unbranched alkanes of at least 4 members (excludes halogenated alkanes) is 1. The zero-order valence-electron chi connectivity index (χ0n) is 18.8. The third-order valence-corrected chi connectivity index (χ3v) is 7.34. The molecule has 0 spiro atoms. The summed E-state index contributed by atoms with van der Waals surface area (Å²) >= 11 is 1.31. The van der Waals surface area contributed by atoms with Gasteiger partial charge in [-0.2, -0.15) is 13.5 Å². The van der Waals surface area contributed by atoms with Crippen molar-refractivity contribution in [1.82, 2.24) is 5.32 Å². The van der Waals surface area contributed by atoms with E-state index in [1.165, 1.54) is 43.1 Å². The van der Waals surface area contributed by atoms with Crippen LogP contribution in [0.2, 0.25) is 0 Å². The molecule has 2 aromatic rings. The van der Waals surface area contributed by atoms with Gasteiger partial charge in [0, 0.05) is 17.2 Å². The van der Waals surface area contributed by atoms with Crippen molar-refractivity contribution in [3.05, 3.63) is 63.2 Å². The number of thioether (sulfide) groups is 1. The van der Waals surface area contributed by atoms with E-state index in [1.54, 1.807) is 12.1 Å². The molecule has 180 valence electrons. The van der Waals surface area contributed by atoms with Gasteiger partial charge in [0.1, 0.15) is 4.90 Å². The van der Waals surface area contributed by atoms with Gasteiger partial charge in [-0.15, -0.1) is 5.10 Å². The summed E-state index contributed by atoms with van der Waals surface area (Å²) in [6.45, 7) is 5.39. The number of carbonyl (C=O) groups is 1. The van der Waals surface area contributed by atoms with E-state index < -0.39 is 15.0 Å². The second-order valence-electron chi connectivity index (χ2n) is 7.67. The third-order valence-electron chi connectivity index (χ3n) is 4.97. The molecule has 1 heterocycles. The van der Waals surface area contributed by atoms with Crippen LogP contribution in [-0.4, -0.2) is 35.9 Å². The van der Waals surface area contributed by atoms with Gasteiger partial charge in [0.25, 0.3) is 5.69 Å². The molecular weight excluding hydrogens is 480 g/mol. The van der Waals surface area contributed by atoms with Crippen LogP contribution in [0.15, 0.2) is 51.5 Å². The van der Waals surface area contributed by atoms with Gasteiger partial charge < -0.3 is 9.50 Å². The maximum Gasteiger partial charge on any atom is 0.339 e. The molecule has 34 heavy (non-hydrogen) atoms. The van der Waals surface area contributed by atoms with Crippen LogP contribution in [0.5, 0.6) is 5.75 Å². The minimum absolute atomic E-state index is 0.0123. The molecule has 1 aliphatic rings. The molecule has 0 aliphatic carbocycles. The molecular formula is C22H24N4O6S2. The molecule has 2 aromatic carbocycles. The third kappa shape index (κ3) is 6.20. The second kappa shape index (κ2) is 10.8. The molecule has 1 atom stereocenters. The van der Waals surface area contributed by atoms with Gasteiger partial charge in [-0.05, 0) is 38.5 Å². The van der Waals surface area contributed by atoms with Gasteiger partial charge in [-0.3, -0.25) is 14.9 Å². The fourth-order valence-electron chi connectivity index (χ4n) is 3.13. The predicted octanol–water partition coefficient (Wildman–Crippen LogP) is 4.09. The van der Waals surface area contributed by atoms with E-state index in [0.29, 0.717) is 16.3 Å². The summed E-state index contributed by atoms with van der Waals surface area (Å²) in [6, 6.07) is 8.36. The second-order valence-corrected chi connectivity index (χ2v) is 10.4. The molecule has 0 radical (unpaired) electrons. The lowest BCUT2D eigenvalue weighted by molar-refractivity contribution is -0.385. The lowest BCUT2D eigenvalue weighted by Crippen LogP contribution is -2.24. The summed E-state index contributed by atoms with van der Waals surface area (Å²) in [4.78, 5) is 22.2. The summed E-state index contributed by atoms with van der Waals surface area (Å²) in [5, 5.41) is 22.1. The zero-order chi connectivity index (χ0) is 24.9. The molecule has 12 heteroatoms. The number of nitrogens with zero attached hydrogens (tertiary/aromatic N) is 3. The minimum Gasteiger partial charge on any atom is -0.378 e. The molecule has 0 bridgehead atoms. The first-order valence-electron chi connectivity index (χ1n) is 10.5. The molecule has 1 aliphatic heterocycles. The molecule has 0 saturated carbocycles. The Kier molecular flexibility index (Phi) is 8.05. The smallest absolute Gasteiger partial charge is 0.339 e. The van der Waals surface area contributed by atoms with Crippen LogP contribution in [0.25, 0.3) is 0 Å². The maximum atomic E-state index is 12.8. The number of amidine groups is 1. The Labute approximate surface area is 201 Å². The van der Waals surface area contributed by atoms with Crippen LogP contribution < -0.4 is 9.50 Å². The Balaban J connectivity index is 1.82. The summed E-state index contributed by atoms with van der Waals surface area (Å²) in [5.41, 5.74) is 1.18. The average Bonchev–Trinajstić information content (AvgIpc) is 3.13. The fourth-order valence-corrected chi connectivity index (χ4v) is 5.08. The van der Waals surface area contributed by atoms with Gasteiger partial charge in [0.15, 0.2) is 10.9 Å². The summed E-state index contributed by atoms with van der Waals surface area (Å²) < 4.78 is 30.9.